The Morgan fingerprint density at radius 2 is 1.79 bits per heavy atom. The van der Waals surface area contributed by atoms with E-state index in [0.717, 1.165) is 37.3 Å². The molecule has 0 atom stereocenters. The van der Waals surface area contributed by atoms with Crippen molar-refractivity contribution < 1.29 is 0 Å². The molecule has 2 aromatic rings. The molecule has 1 aromatic carbocycles. The zero-order valence-electron chi connectivity index (χ0n) is 13.7. The summed E-state index contributed by atoms with van der Waals surface area (Å²) in [4.78, 5) is 8.60. The number of hydrogen-bond donors (Lipinski definition) is 3. The summed E-state index contributed by atoms with van der Waals surface area (Å²) in [7, 11) is 0. The van der Waals surface area contributed by atoms with E-state index in [-0.39, 0.29) is 24.8 Å². The van der Waals surface area contributed by atoms with E-state index in [1.54, 1.807) is 0 Å². The summed E-state index contributed by atoms with van der Waals surface area (Å²) in [5.41, 5.74) is 15.3. The van der Waals surface area contributed by atoms with Crippen LogP contribution in [0.5, 0.6) is 0 Å². The van der Waals surface area contributed by atoms with Gasteiger partial charge in [0.25, 0.3) is 0 Å². The lowest BCUT2D eigenvalue weighted by Gasteiger charge is -2.32. The first-order valence-corrected chi connectivity index (χ1v) is 7.79. The molecule has 5 nitrogen and oxygen atoms in total. The van der Waals surface area contributed by atoms with Gasteiger partial charge in [-0.3, -0.25) is 0 Å². The summed E-state index contributed by atoms with van der Waals surface area (Å²) < 4.78 is 0. The van der Waals surface area contributed by atoms with Gasteiger partial charge in [-0.15, -0.1) is 24.8 Å². The van der Waals surface area contributed by atoms with Crippen molar-refractivity contribution in [2.75, 3.05) is 17.6 Å². The van der Waals surface area contributed by atoms with Crippen LogP contribution in [0.3, 0.4) is 0 Å². The summed E-state index contributed by atoms with van der Waals surface area (Å²) in [6.45, 7) is 2.92. The van der Waals surface area contributed by atoms with Crippen molar-refractivity contribution in [2.24, 2.45) is 5.73 Å². The lowest BCUT2D eigenvalue weighted by Crippen LogP contribution is -2.35. The van der Waals surface area contributed by atoms with Crippen molar-refractivity contribution in [2.45, 2.75) is 38.1 Å². The molecule has 132 valence electrons. The van der Waals surface area contributed by atoms with Gasteiger partial charge in [0.2, 0.25) is 5.95 Å². The fourth-order valence-corrected chi connectivity index (χ4v) is 2.78. The van der Waals surface area contributed by atoms with E-state index in [9.17, 15) is 0 Å². The SMILES string of the molecule is Cc1ccc(CCNc2cc(C3CC(N)C3)nc(N)n2)cc1.Cl.Cl. The van der Waals surface area contributed by atoms with E-state index in [1.165, 1.54) is 11.1 Å². The van der Waals surface area contributed by atoms with Gasteiger partial charge in [-0.05, 0) is 31.7 Å². The lowest BCUT2D eigenvalue weighted by atomic mass is 9.78. The average Bonchev–Trinajstić information content (AvgIpc) is 2.45. The number of halogens is 2. The van der Waals surface area contributed by atoms with E-state index >= 15 is 0 Å². The lowest BCUT2D eigenvalue weighted by molar-refractivity contribution is 0.345. The number of nitrogens with zero attached hydrogens (tertiary/aromatic N) is 2. The zero-order valence-corrected chi connectivity index (χ0v) is 15.4. The van der Waals surface area contributed by atoms with Gasteiger partial charge in [-0.2, -0.15) is 4.98 Å². The van der Waals surface area contributed by atoms with Crippen molar-refractivity contribution in [3.8, 4) is 0 Å². The molecular formula is C17H25Cl2N5. The van der Waals surface area contributed by atoms with Gasteiger partial charge in [0.15, 0.2) is 0 Å². The second kappa shape index (κ2) is 9.06. The summed E-state index contributed by atoms with van der Waals surface area (Å²) >= 11 is 0. The normalized spacial score (nSPS) is 18.8. The quantitative estimate of drug-likeness (QED) is 0.753. The average molecular weight is 370 g/mol. The Morgan fingerprint density at radius 1 is 1.12 bits per heavy atom. The standard InChI is InChI=1S/C17H23N5.2ClH/c1-11-2-4-12(5-3-11)6-7-20-16-10-15(21-17(19)22-16)13-8-14(18)9-13;;/h2-5,10,13-14H,6-9,18H2,1H3,(H3,19,20,21,22);2*1H. The number of anilines is 2. The molecule has 1 fully saturated rings. The minimum absolute atomic E-state index is 0. The first-order valence-electron chi connectivity index (χ1n) is 7.79. The molecule has 0 unspecified atom stereocenters. The van der Waals surface area contributed by atoms with Gasteiger partial charge in [0, 0.05) is 24.6 Å². The predicted molar refractivity (Wildman–Crippen MR) is 104 cm³/mol. The first-order chi connectivity index (χ1) is 10.6. The topological polar surface area (TPSA) is 89.8 Å². The molecule has 0 bridgehead atoms. The predicted octanol–water partition coefficient (Wildman–Crippen LogP) is 3.07. The molecule has 1 aliphatic carbocycles. The minimum Gasteiger partial charge on any atom is -0.370 e. The molecule has 7 heteroatoms. The molecule has 0 amide bonds. The van der Waals surface area contributed by atoms with E-state index in [4.69, 9.17) is 11.5 Å². The van der Waals surface area contributed by atoms with E-state index in [1.807, 2.05) is 6.07 Å². The first kappa shape index (κ1) is 20.5. The van der Waals surface area contributed by atoms with Crippen LogP contribution >= 0.6 is 24.8 Å². The third kappa shape index (κ3) is 5.23. The smallest absolute Gasteiger partial charge is 0.222 e. The molecule has 1 aliphatic rings. The van der Waals surface area contributed by atoms with Gasteiger partial charge >= 0.3 is 0 Å². The van der Waals surface area contributed by atoms with Crippen LogP contribution in [0.2, 0.25) is 0 Å². The van der Waals surface area contributed by atoms with Crippen LogP contribution in [-0.4, -0.2) is 22.6 Å². The van der Waals surface area contributed by atoms with E-state index in [2.05, 4.69) is 46.5 Å². The molecule has 1 heterocycles. The largest absolute Gasteiger partial charge is 0.370 e. The number of aryl methyl sites for hydroxylation is 1. The van der Waals surface area contributed by atoms with Crippen molar-refractivity contribution in [1.82, 2.24) is 9.97 Å². The van der Waals surface area contributed by atoms with E-state index in [0.29, 0.717) is 17.9 Å². The van der Waals surface area contributed by atoms with Crippen LogP contribution < -0.4 is 16.8 Å². The molecule has 0 saturated heterocycles. The Bertz CT molecular complexity index is 642. The molecule has 1 aromatic heterocycles. The van der Waals surface area contributed by atoms with Crippen molar-refractivity contribution in [1.29, 1.82) is 0 Å². The molecular weight excluding hydrogens is 345 g/mol. The number of nitrogen functional groups attached to an aromatic ring is 1. The highest BCUT2D eigenvalue weighted by Crippen LogP contribution is 2.35. The Kier molecular flexibility index (Phi) is 7.73. The van der Waals surface area contributed by atoms with Gasteiger partial charge in [-0.1, -0.05) is 29.8 Å². The summed E-state index contributed by atoms with van der Waals surface area (Å²) in [5, 5.41) is 3.34. The summed E-state index contributed by atoms with van der Waals surface area (Å²) in [6.07, 6.45) is 2.92. The van der Waals surface area contributed by atoms with Crippen LogP contribution in [0.25, 0.3) is 0 Å². The summed E-state index contributed by atoms with van der Waals surface area (Å²) in [6, 6.07) is 10.9. The van der Waals surface area contributed by atoms with Crippen LogP contribution in [0.4, 0.5) is 11.8 Å². The maximum Gasteiger partial charge on any atom is 0.222 e. The Hall–Kier alpha value is -1.56. The van der Waals surface area contributed by atoms with Crippen molar-refractivity contribution in [3.05, 3.63) is 47.2 Å². The third-order valence-corrected chi connectivity index (χ3v) is 4.20. The van der Waals surface area contributed by atoms with Crippen LogP contribution in [0.1, 0.15) is 35.6 Å². The Morgan fingerprint density at radius 3 is 2.42 bits per heavy atom. The van der Waals surface area contributed by atoms with Crippen LogP contribution in [0.15, 0.2) is 30.3 Å². The molecule has 24 heavy (non-hydrogen) atoms. The Labute approximate surface area is 155 Å². The van der Waals surface area contributed by atoms with Gasteiger partial charge in [0.05, 0.1) is 5.69 Å². The highest BCUT2D eigenvalue weighted by molar-refractivity contribution is 5.85. The molecule has 1 saturated carbocycles. The Balaban J connectivity index is 0.00000144. The third-order valence-electron chi connectivity index (χ3n) is 4.20. The van der Waals surface area contributed by atoms with Gasteiger partial charge < -0.3 is 16.8 Å². The fraction of sp³-hybridized carbons (Fsp3) is 0.412. The second-order valence-electron chi connectivity index (χ2n) is 6.13. The van der Waals surface area contributed by atoms with Crippen molar-refractivity contribution in [3.63, 3.8) is 0 Å². The number of aromatic nitrogens is 2. The molecule has 0 aliphatic heterocycles. The minimum atomic E-state index is 0. The van der Waals surface area contributed by atoms with Crippen LogP contribution in [0, 0.1) is 6.92 Å². The monoisotopic (exact) mass is 369 g/mol. The number of benzene rings is 1. The number of nitrogens with one attached hydrogen (secondary N) is 1. The fourth-order valence-electron chi connectivity index (χ4n) is 2.78. The van der Waals surface area contributed by atoms with Gasteiger partial charge in [0.1, 0.15) is 5.82 Å². The van der Waals surface area contributed by atoms with Crippen LogP contribution in [-0.2, 0) is 6.42 Å². The molecule has 0 spiro atoms. The molecule has 5 N–H and O–H groups in total. The highest BCUT2D eigenvalue weighted by atomic mass is 35.5. The van der Waals surface area contributed by atoms with Crippen molar-refractivity contribution >= 4 is 36.6 Å². The zero-order chi connectivity index (χ0) is 15.5. The number of nitrogens with two attached hydrogens (primary N) is 2. The van der Waals surface area contributed by atoms with E-state index < -0.39 is 0 Å². The molecule has 0 radical (unpaired) electrons. The number of rotatable bonds is 5. The maximum absolute atomic E-state index is 5.85. The summed E-state index contributed by atoms with van der Waals surface area (Å²) in [5.74, 6) is 1.56. The number of hydrogen-bond acceptors (Lipinski definition) is 5. The van der Waals surface area contributed by atoms with Gasteiger partial charge in [-0.25, -0.2) is 4.98 Å². The highest BCUT2D eigenvalue weighted by Gasteiger charge is 2.29. The molecule has 3 rings (SSSR count). The maximum atomic E-state index is 5.85. The second-order valence-corrected chi connectivity index (χ2v) is 6.13.